The van der Waals surface area contributed by atoms with Crippen molar-refractivity contribution in [3.63, 3.8) is 0 Å². The smallest absolute Gasteiger partial charge is 0.338 e. The maximum absolute atomic E-state index is 13.3. The molecule has 0 bridgehead atoms. The largest absolute Gasteiger partial charge is 0.467 e. The molecule has 9 heteroatoms. The molecule has 5 rings (SSSR count). The monoisotopic (exact) mass is 612 g/mol. The Morgan fingerprint density at radius 1 is 0.837 bits per heavy atom. The number of methoxy groups -OCH3 is 1. The number of hydrogen-bond donors (Lipinski definition) is 1. The van der Waals surface area contributed by atoms with E-state index in [1.54, 1.807) is 72.8 Å². The highest BCUT2D eigenvalue weighted by atomic mass is 35.5. The number of ether oxygens (including phenoxy) is 2. The van der Waals surface area contributed by atoms with Crippen molar-refractivity contribution < 1.29 is 23.9 Å². The van der Waals surface area contributed by atoms with Crippen molar-refractivity contribution in [2.24, 2.45) is 0 Å². The highest BCUT2D eigenvalue weighted by Gasteiger charge is 2.24. The van der Waals surface area contributed by atoms with Crippen LogP contribution in [0.25, 0.3) is 22.2 Å². The predicted octanol–water partition coefficient (Wildman–Crippen LogP) is 7.08. The van der Waals surface area contributed by atoms with Crippen LogP contribution in [-0.4, -0.2) is 36.0 Å². The molecule has 43 heavy (non-hydrogen) atoms. The maximum Gasteiger partial charge on any atom is 0.338 e. The Hall–Kier alpha value is -4.72. The minimum atomic E-state index is -0.968. The Morgan fingerprint density at radius 2 is 1.56 bits per heavy atom. The number of nitrogens with zero attached hydrogens (tertiary/aromatic N) is 1. The van der Waals surface area contributed by atoms with Crippen LogP contribution >= 0.6 is 23.2 Å². The SMILES string of the molecule is COC(=O)C(Cc1ccc2nc(-c3c(Cl)cccc3Cl)ccc2c1)NC(=O)c1ccccc1COC(=O)c1ccccc1. The van der Waals surface area contributed by atoms with E-state index in [1.807, 2.05) is 30.3 Å². The van der Waals surface area contributed by atoms with Gasteiger partial charge in [0.1, 0.15) is 12.6 Å². The molecule has 0 aliphatic rings. The molecule has 0 saturated heterocycles. The fourth-order valence-electron chi connectivity index (χ4n) is 4.66. The summed E-state index contributed by atoms with van der Waals surface area (Å²) in [5.41, 5.74) is 3.99. The third-order valence-corrected chi connectivity index (χ3v) is 7.46. The molecule has 5 aromatic rings. The number of aromatic nitrogens is 1. The van der Waals surface area contributed by atoms with Gasteiger partial charge in [-0.25, -0.2) is 14.6 Å². The van der Waals surface area contributed by atoms with E-state index >= 15 is 0 Å². The quantitative estimate of drug-likeness (QED) is 0.179. The van der Waals surface area contributed by atoms with Crippen LogP contribution in [0.3, 0.4) is 0 Å². The Bertz CT molecular complexity index is 1790. The molecule has 1 N–H and O–H groups in total. The average molecular weight is 613 g/mol. The van der Waals surface area contributed by atoms with Crippen LogP contribution in [0.15, 0.2) is 103 Å². The number of benzene rings is 4. The molecule has 1 amide bonds. The normalized spacial score (nSPS) is 11.5. The number of amides is 1. The van der Waals surface area contributed by atoms with E-state index < -0.39 is 23.9 Å². The second-order valence-corrected chi connectivity index (χ2v) is 10.5. The Kier molecular flexibility index (Phi) is 9.35. The summed E-state index contributed by atoms with van der Waals surface area (Å²) < 4.78 is 10.4. The molecule has 216 valence electrons. The van der Waals surface area contributed by atoms with E-state index in [0.717, 1.165) is 16.5 Å². The summed E-state index contributed by atoms with van der Waals surface area (Å²) in [5.74, 6) is -1.59. The van der Waals surface area contributed by atoms with Crippen LogP contribution in [0.5, 0.6) is 0 Å². The third kappa shape index (κ3) is 7.02. The van der Waals surface area contributed by atoms with Gasteiger partial charge in [-0.15, -0.1) is 0 Å². The van der Waals surface area contributed by atoms with Crippen LogP contribution in [0.4, 0.5) is 0 Å². The fourth-order valence-corrected chi connectivity index (χ4v) is 5.25. The first kappa shape index (κ1) is 29.8. The standard InChI is InChI=1S/C34H26Cl2N2O5/c1-42-34(41)30(38-32(39)25-11-6-5-10-24(25)20-43-33(40)22-8-3-2-4-9-22)19-21-14-16-28-23(18-21)15-17-29(37-28)31-26(35)12-7-13-27(31)36/h2-18,30H,19-20H2,1H3,(H,38,39). The molecule has 1 aromatic heterocycles. The number of nitrogens with one attached hydrogen (secondary N) is 1. The molecule has 0 saturated carbocycles. The second kappa shape index (κ2) is 13.5. The summed E-state index contributed by atoms with van der Waals surface area (Å²) in [6.45, 7) is -0.112. The fraction of sp³-hybridized carbons (Fsp3) is 0.118. The number of esters is 2. The lowest BCUT2D eigenvalue weighted by Crippen LogP contribution is -2.43. The Labute approximate surface area is 258 Å². The van der Waals surface area contributed by atoms with Gasteiger partial charge in [-0.1, -0.05) is 77.8 Å². The number of carbonyl (C=O) groups excluding carboxylic acids is 3. The molecule has 7 nitrogen and oxygen atoms in total. The van der Waals surface area contributed by atoms with Crippen LogP contribution in [0.2, 0.25) is 10.0 Å². The van der Waals surface area contributed by atoms with Crippen molar-refractivity contribution in [1.29, 1.82) is 0 Å². The van der Waals surface area contributed by atoms with E-state index in [9.17, 15) is 14.4 Å². The van der Waals surface area contributed by atoms with Gasteiger partial charge < -0.3 is 14.8 Å². The summed E-state index contributed by atoms with van der Waals surface area (Å²) in [7, 11) is 1.27. The number of hydrogen-bond acceptors (Lipinski definition) is 6. The number of fused-ring (bicyclic) bond motifs is 1. The molecule has 0 fully saturated rings. The number of halogens is 2. The third-order valence-electron chi connectivity index (χ3n) is 6.83. The highest BCUT2D eigenvalue weighted by molar-refractivity contribution is 6.39. The van der Waals surface area contributed by atoms with Gasteiger partial charge in [0, 0.05) is 28.5 Å². The molecule has 4 aromatic carbocycles. The molecule has 0 aliphatic carbocycles. The van der Waals surface area contributed by atoms with E-state index in [1.165, 1.54) is 7.11 Å². The van der Waals surface area contributed by atoms with Gasteiger partial charge in [-0.3, -0.25) is 4.79 Å². The predicted molar refractivity (Wildman–Crippen MR) is 166 cm³/mol. The Morgan fingerprint density at radius 3 is 2.30 bits per heavy atom. The summed E-state index contributed by atoms with van der Waals surface area (Å²) >= 11 is 12.7. The topological polar surface area (TPSA) is 94.6 Å². The van der Waals surface area contributed by atoms with E-state index in [2.05, 4.69) is 5.32 Å². The van der Waals surface area contributed by atoms with E-state index in [-0.39, 0.29) is 18.6 Å². The molecule has 0 aliphatic heterocycles. The lowest BCUT2D eigenvalue weighted by atomic mass is 10.0. The molecule has 1 heterocycles. The zero-order valence-corrected chi connectivity index (χ0v) is 24.6. The maximum atomic E-state index is 13.3. The summed E-state index contributed by atoms with van der Waals surface area (Å²) in [4.78, 5) is 43.2. The summed E-state index contributed by atoms with van der Waals surface area (Å²) in [5, 5.41) is 4.63. The van der Waals surface area contributed by atoms with Crippen LogP contribution in [0, 0.1) is 0 Å². The van der Waals surface area contributed by atoms with Gasteiger partial charge in [0.2, 0.25) is 0 Å². The molecular weight excluding hydrogens is 587 g/mol. The number of pyridine rings is 1. The van der Waals surface area contributed by atoms with Crippen molar-refractivity contribution in [2.75, 3.05) is 7.11 Å². The molecule has 1 atom stereocenters. The van der Waals surface area contributed by atoms with Crippen LogP contribution in [-0.2, 0) is 27.3 Å². The lowest BCUT2D eigenvalue weighted by Gasteiger charge is -2.18. The number of carbonyl (C=O) groups is 3. The van der Waals surface area contributed by atoms with E-state index in [4.69, 9.17) is 37.7 Å². The van der Waals surface area contributed by atoms with Crippen LogP contribution < -0.4 is 5.32 Å². The van der Waals surface area contributed by atoms with Gasteiger partial charge in [0.25, 0.3) is 5.91 Å². The van der Waals surface area contributed by atoms with E-state index in [0.29, 0.717) is 32.4 Å². The zero-order valence-electron chi connectivity index (χ0n) is 23.1. The lowest BCUT2D eigenvalue weighted by molar-refractivity contribution is -0.142. The van der Waals surface area contributed by atoms with Gasteiger partial charge in [0.15, 0.2) is 0 Å². The average Bonchev–Trinajstić information content (AvgIpc) is 3.03. The van der Waals surface area contributed by atoms with Gasteiger partial charge in [-0.2, -0.15) is 0 Å². The number of rotatable bonds is 9. The summed E-state index contributed by atoms with van der Waals surface area (Å²) in [6, 6.07) is 29.0. The first-order chi connectivity index (χ1) is 20.8. The Balaban J connectivity index is 1.32. The minimum Gasteiger partial charge on any atom is -0.467 e. The second-order valence-electron chi connectivity index (χ2n) is 9.67. The van der Waals surface area contributed by atoms with Crippen molar-refractivity contribution in [3.8, 4) is 11.3 Å². The van der Waals surface area contributed by atoms with Gasteiger partial charge >= 0.3 is 11.9 Å². The molecule has 1 unspecified atom stereocenters. The first-order valence-corrected chi connectivity index (χ1v) is 14.1. The first-order valence-electron chi connectivity index (χ1n) is 13.4. The van der Waals surface area contributed by atoms with Crippen molar-refractivity contribution in [2.45, 2.75) is 19.1 Å². The van der Waals surface area contributed by atoms with Crippen molar-refractivity contribution in [1.82, 2.24) is 10.3 Å². The van der Waals surface area contributed by atoms with Crippen molar-refractivity contribution in [3.05, 3.63) is 135 Å². The van der Waals surface area contributed by atoms with Gasteiger partial charge in [0.05, 0.1) is 33.9 Å². The van der Waals surface area contributed by atoms with Crippen molar-refractivity contribution >= 4 is 52.0 Å². The highest BCUT2D eigenvalue weighted by Crippen LogP contribution is 2.34. The van der Waals surface area contributed by atoms with Crippen LogP contribution in [0.1, 0.15) is 31.8 Å². The molecular formula is C34H26Cl2N2O5. The molecule has 0 radical (unpaired) electrons. The molecule has 0 spiro atoms. The zero-order chi connectivity index (χ0) is 30.3. The minimum absolute atomic E-state index is 0.112. The van der Waals surface area contributed by atoms with Gasteiger partial charge in [-0.05, 0) is 54.1 Å². The summed E-state index contributed by atoms with van der Waals surface area (Å²) in [6.07, 6.45) is 0.178.